The molecule has 9 heteroatoms. The molecule has 1 aromatic rings. The molecule has 8 N–H and O–H groups in total. The Morgan fingerprint density at radius 2 is 1.41 bits per heavy atom. The molecular weight excluding hydrogens is 380 g/mol. The predicted molar refractivity (Wildman–Crippen MR) is 108 cm³/mol. The van der Waals surface area contributed by atoms with Crippen LogP contribution in [-0.4, -0.2) is 106 Å². The first-order chi connectivity index (χ1) is 13.9. The lowest BCUT2D eigenvalue weighted by molar-refractivity contribution is -0.0605. The van der Waals surface area contributed by atoms with Crippen LogP contribution in [0.1, 0.15) is 24.5 Å². The normalized spacial score (nSPS) is 17.1. The second kappa shape index (κ2) is 14.8. The first kappa shape index (κ1) is 25.9. The minimum absolute atomic E-state index is 0.0426. The Morgan fingerprint density at radius 1 is 0.862 bits per heavy atom. The third-order valence-corrected chi connectivity index (χ3v) is 4.72. The minimum atomic E-state index is -1.32. The van der Waals surface area contributed by atoms with Crippen molar-refractivity contribution in [1.82, 2.24) is 4.90 Å². The number of hydrogen-bond acceptors (Lipinski definition) is 9. The van der Waals surface area contributed by atoms with Crippen molar-refractivity contribution >= 4 is 0 Å². The van der Waals surface area contributed by atoms with Gasteiger partial charge in [0.15, 0.2) is 0 Å². The fourth-order valence-corrected chi connectivity index (χ4v) is 2.91. The fourth-order valence-electron chi connectivity index (χ4n) is 2.91. The third-order valence-electron chi connectivity index (χ3n) is 4.72. The summed E-state index contributed by atoms with van der Waals surface area (Å²) in [5, 5.41) is 57.2. The monoisotopic (exact) mass is 416 g/mol. The van der Waals surface area contributed by atoms with Crippen LogP contribution in [0, 0.1) is 0 Å². The quantitative estimate of drug-likeness (QED) is 0.165. The van der Waals surface area contributed by atoms with Crippen LogP contribution in [0.2, 0.25) is 0 Å². The van der Waals surface area contributed by atoms with Gasteiger partial charge in [0.2, 0.25) is 0 Å². The summed E-state index contributed by atoms with van der Waals surface area (Å²) in [6.07, 6.45) is -3.71. The summed E-state index contributed by atoms with van der Waals surface area (Å²) in [5.74, 6) is 0. The molecule has 0 saturated carbocycles. The summed E-state index contributed by atoms with van der Waals surface area (Å²) >= 11 is 0. The molecule has 0 amide bonds. The largest absolute Gasteiger partial charge is 0.394 e. The average Bonchev–Trinajstić information content (AvgIpc) is 2.75. The third kappa shape index (κ3) is 9.94. The number of aliphatic hydroxyl groups excluding tert-OH is 6. The van der Waals surface area contributed by atoms with Crippen molar-refractivity contribution < 1.29 is 35.4 Å². The van der Waals surface area contributed by atoms with E-state index in [2.05, 4.69) is 0 Å². The summed E-state index contributed by atoms with van der Waals surface area (Å²) < 4.78 is 6.01. The zero-order chi connectivity index (χ0) is 21.6. The van der Waals surface area contributed by atoms with Crippen molar-refractivity contribution in [2.45, 2.75) is 43.4 Å². The van der Waals surface area contributed by atoms with E-state index in [4.69, 9.17) is 20.7 Å². The summed E-state index contributed by atoms with van der Waals surface area (Å²) in [6, 6.07) is 9.73. The smallest absolute Gasteiger partial charge is 0.104 e. The second-order valence-corrected chi connectivity index (χ2v) is 7.10. The van der Waals surface area contributed by atoms with E-state index in [9.17, 15) is 20.4 Å². The molecule has 0 aliphatic carbocycles. The molecule has 168 valence electrons. The Morgan fingerprint density at radius 3 is 1.90 bits per heavy atom. The molecule has 9 nitrogen and oxygen atoms in total. The molecule has 0 radical (unpaired) electrons. The SMILES string of the molecule is NCCCC(OCCN(CC(O)C(O)CO)CC(O)C(O)CO)c1ccccc1. The summed E-state index contributed by atoms with van der Waals surface area (Å²) in [5.41, 5.74) is 6.64. The van der Waals surface area contributed by atoms with Crippen LogP contribution >= 0.6 is 0 Å². The molecule has 0 bridgehead atoms. The van der Waals surface area contributed by atoms with E-state index in [0.717, 1.165) is 18.4 Å². The number of aliphatic hydroxyl groups is 6. The highest BCUT2D eigenvalue weighted by molar-refractivity contribution is 5.17. The van der Waals surface area contributed by atoms with Crippen molar-refractivity contribution in [2.75, 3.05) is 46.0 Å². The van der Waals surface area contributed by atoms with Gasteiger partial charge < -0.3 is 41.1 Å². The van der Waals surface area contributed by atoms with Crippen molar-refractivity contribution in [2.24, 2.45) is 5.73 Å². The molecule has 0 aliphatic rings. The first-order valence-corrected chi connectivity index (χ1v) is 9.95. The topological polar surface area (TPSA) is 160 Å². The number of hydrogen-bond donors (Lipinski definition) is 7. The summed E-state index contributed by atoms with van der Waals surface area (Å²) in [6.45, 7) is -0.150. The highest BCUT2D eigenvalue weighted by atomic mass is 16.5. The molecule has 0 fully saturated rings. The van der Waals surface area contributed by atoms with Gasteiger partial charge in [0.25, 0.3) is 0 Å². The van der Waals surface area contributed by atoms with Gasteiger partial charge in [-0.25, -0.2) is 0 Å². The van der Waals surface area contributed by atoms with Crippen LogP contribution in [-0.2, 0) is 4.74 Å². The molecule has 1 rings (SSSR count). The molecule has 1 aromatic carbocycles. The highest BCUT2D eigenvalue weighted by Gasteiger charge is 2.24. The van der Waals surface area contributed by atoms with E-state index >= 15 is 0 Å². The summed E-state index contributed by atoms with van der Waals surface area (Å²) in [4.78, 5) is 1.61. The van der Waals surface area contributed by atoms with E-state index in [-0.39, 0.29) is 25.8 Å². The standard InChI is InChI=1S/C20H36N2O7/c21-8-4-7-20(15-5-2-1-3-6-15)29-10-9-22(11-16(25)18(27)13-23)12-17(26)19(28)14-24/h1-3,5-6,16-20,23-28H,4,7-14,21H2. The molecule has 0 aromatic heterocycles. The lowest BCUT2D eigenvalue weighted by Crippen LogP contribution is -2.47. The van der Waals surface area contributed by atoms with Crippen LogP contribution in [0.15, 0.2) is 30.3 Å². The van der Waals surface area contributed by atoms with Gasteiger partial charge >= 0.3 is 0 Å². The van der Waals surface area contributed by atoms with Gasteiger partial charge in [0.1, 0.15) is 12.2 Å². The first-order valence-electron chi connectivity index (χ1n) is 9.95. The Balaban J connectivity index is 2.69. The maximum Gasteiger partial charge on any atom is 0.104 e. The van der Waals surface area contributed by atoms with E-state index < -0.39 is 37.6 Å². The number of rotatable bonds is 16. The zero-order valence-electron chi connectivity index (χ0n) is 16.8. The number of benzene rings is 1. The minimum Gasteiger partial charge on any atom is -0.394 e. The zero-order valence-corrected chi connectivity index (χ0v) is 16.8. The predicted octanol–water partition coefficient (Wildman–Crippen LogP) is -1.79. The van der Waals surface area contributed by atoms with Crippen LogP contribution in [0.25, 0.3) is 0 Å². The number of ether oxygens (including phenoxy) is 1. The number of nitrogens with two attached hydrogens (primary N) is 1. The Hall–Kier alpha value is -1.14. The molecule has 5 atom stereocenters. The van der Waals surface area contributed by atoms with E-state index in [1.807, 2.05) is 30.3 Å². The lowest BCUT2D eigenvalue weighted by Gasteiger charge is -2.30. The molecule has 0 aliphatic heterocycles. The maximum absolute atomic E-state index is 10.00. The average molecular weight is 417 g/mol. The summed E-state index contributed by atoms with van der Waals surface area (Å²) in [7, 11) is 0. The van der Waals surface area contributed by atoms with Crippen LogP contribution in [0.5, 0.6) is 0 Å². The van der Waals surface area contributed by atoms with Crippen LogP contribution < -0.4 is 5.73 Å². The van der Waals surface area contributed by atoms with Crippen molar-refractivity contribution in [1.29, 1.82) is 0 Å². The van der Waals surface area contributed by atoms with Crippen LogP contribution in [0.4, 0.5) is 0 Å². The van der Waals surface area contributed by atoms with Gasteiger partial charge in [0, 0.05) is 19.6 Å². The van der Waals surface area contributed by atoms with Crippen LogP contribution in [0.3, 0.4) is 0 Å². The van der Waals surface area contributed by atoms with Crippen molar-refractivity contribution in [3.63, 3.8) is 0 Å². The van der Waals surface area contributed by atoms with Gasteiger partial charge in [-0.05, 0) is 24.9 Å². The molecular formula is C20H36N2O7. The van der Waals surface area contributed by atoms with Gasteiger partial charge in [-0.1, -0.05) is 30.3 Å². The van der Waals surface area contributed by atoms with Gasteiger partial charge in [0.05, 0.1) is 38.1 Å². The van der Waals surface area contributed by atoms with Crippen molar-refractivity contribution in [3.05, 3.63) is 35.9 Å². The van der Waals surface area contributed by atoms with Gasteiger partial charge in [-0.2, -0.15) is 0 Å². The second-order valence-electron chi connectivity index (χ2n) is 7.10. The van der Waals surface area contributed by atoms with Gasteiger partial charge in [-0.15, -0.1) is 0 Å². The highest BCUT2D eigenvalue weighted by Crippen LogP contribution is 2.22. The molecule has 0 saturated heterocycles. The fraction of sp³-hybridized carbons (Fsp3) is 0.700. The molecule has 29 heavy (non-hydrogen) atoms. The van der Waals surface area contributed by atoms with Crippen molar-refractivity contribution in [3.8, 4) is 0 Å². The van der Waals surface area contributed by atoms with E-state index in [0.29, 0.717) is 13.1 Å². The Bertz CT molecular complexity index is 505. The lowest BCUT2D eigenvalue weighted by atomic mass is 10.0. The maximum atomic E-state index is 10.00. The molecule has 5 unspecified atom stereocenters. The number of nitrogens with zero attached hydrogens (tertiary/aromatic N) is 1. The van der Waals surface area contributed by atoms with Gasteiger partial charge in [-0.3, -0.25) is 4.90 Å². The Kier molecular flexibility index (Phi) is 13.2. The van der Waals surface area contributed by atoms with E-state index in [1.165, 1.54) is 0 Å². The van der Waals surface area contributed by atoms with E-state index in [1.54, 1.807) is 4.90 Å². The molecule has 0 heterocycles. The molecule has 0 spiro atoms. The Labute approximate surface area is 172 Å².